The number of rotatable bonds is 33. The predicted octanol–water partition coefficient (Wildman–Crippen LogP) is 3.95. The smallest absolute Gasteiger partial charge is 0.326 e. The fourth-order valence-electron chi connectivity index (χ4n) is 5.28. The van der Waals surface area contributed by atoms with Crippen LogP contribution in [-0.2, 0) is 38.4 Å². The Kier molecular flexibility index (Phi) is 26.5. The molecule has 0 aliphatic carbocycles. The van der Waals surface area contributed by atoms with E-state index in [-0.39, 0.29) is 50.9 Å². The van der Waals surface area contributed by atoms with Crippen LogP contribution >= 0.6 is 0 Å². The van der Waals surface area contributed by atoms with Crippen molar-refractivity contribution in [1.82, 2.24) is 16.0 Å². The second-order valence-electron chi connectivity index (χ2n) is 12.4. The first-order valence-corrected chi connectivity index (χ1v) is 17.6. The molecule has 0 saturated heterocycles. The van der Waals surface area contributed by atoms with Crippen molar-refractivity contribution in [3.05, 3.63) is 0 Å². The monoisotopic (exact) mass is 699 g/mol. The Morgan fingerprint density at radius 1 is 0.449 bits per heavy atom. The maximum absolute atomic E-state index is 12.4. The molecule has 0 fully saturated rings. The zero-order chi connectivity index (χ0) is 36.9. The van der Waals surface area contributed by atoms with Crippen LogP contribution in [0.25, 0.3) is 0 Å². The van der Waals surface area contributed by atoms with E-state index in [1.54, 1.807) is 0 Å². The molecule has 3 atom stereocenters. The number of carboxylic acid groups (broad SMARTS) is 4. The van der Waals surface area contributed by atoms with Crippen molar-refractivity contribution >= 4 is 47.9 Å². The van der Waals surface area contributed by atoms with Crippen LogP contribution in [0.4, 0.5) is 0 Å². The predicted molar refractivity (Wildman–Crippen MR) is 179 cm³/mol. The summed E-state index contributed by atoms with van der Waals surface area (Å²) in [6, 6.07) is -3.60. The standard InChI is InChI=1S/C34H57N3O12/c38-23-15-16-26(33(46)47)36-30(41)22-20-27(34(48)49)37-29(40)21-19-25(24-32(44)45)35-28(39)17-13-11-9-7-5-3-1-2-4-6-8-10-12-14-18-31(42)43/h23,25-27H,1-22,24H2,(H,35,39)(H,36,41)(H,37,40)(H,42,43)(H,44,45)(H,46,47)(H,48,49). The Bertz CT molecular complexity index is 1040. The number of aldehydes is 1. The minimum atomic E-state index is -1.46. The molecule has 0 rings (SSSR count). The topological polar surface area (TPSA) is 254 Å². The van der Waals surface area contributed by atoms with E-state index in [0.29, 0.717) is 12.7 Å². The van der Waals surface area contributed by atoms with Crippen LogP contribution in [0.2, 0.25) is 0 Å². The van der Waals surface area contributed by atoms with Crippen LogP contribution in [0.15, 0.2) is 0 Å². The Morgan fingerprint density at radius 3 is 1.24 bits per heavy atom. The summed E-state index contributed by atoms with van der Waals surface area (Å²) in [5, 5.41) is 43.6. The molecule has 0 aliphatic heterocycles. The van der Waals surface area contributed by atoms with E-state index >= 15 is 0 Å². The lowest BCUT2D eigenvalue weighted by Crippen LogP contribution is -2.44. The summed E-state index contributed by atoms with van der Waals surface area (Å²) < 4.78 is 0. The van der Waals surface area contributed by atoms with Crippen molar-refractivity contribution in [3.63, 3.8) is 0 Å². The van der Waals surface area contributed by atoms with E-state index in [1.165, 1.54) is 32.1 Å². The van der Waals surface area contributed by atoms with E-state index in [0.717, 1.165) is 51.4 Å². The Labute approximate surface area is 288 Å². The summed E-state index contributed by atoms with van der Waals surface area (Å²) >= 11 is 0. The molecule has 7 N–H and O–H groups in total. The van der Waals surface area contributed by atoms with E-state index in [2.05, 4.69) is 16.0 Å². The van der Waals surface area contributed by atoms with Gasteiger partial charge in [-0.05, 0) is 32.1 Å². The SMILES string of the molecule is O=CCCC(NC(=O)CCC(NC(=O)CCC(CC(=O)O)NC(=O)CCCCCCCCCCCCCCCCC(=O)O)C(=O)O)C(=O)O. The van der Waals surface area contributed by atoms with Gasteiger partial charge in [0.25, 0.3) is 0 Å². The number of carbonyl (C=O) groups is 8. The van der Waals surface area contributed by atoms with E-state index in [4.69, 9.17) is 10.2 Å². The third-order valence-corrected chi connectivity index (χ3v) is 8.05. The van der Waals surface area contributed by atoms with Crippen LogP contribution in [0, 0.1) is 0 Å². The fraction of sp³-hybridized carbons (Fsp3) is 0.765. The van der Waals surface area contributed by atoms with Gasteiger partial charge in [0.2, 0.25) is 17.7 Å². The Hall–Kier alpha value is -4.04. The van der Waals surface area contributed by atoms with E-state index in [9.17, 15) is 48.6 Å². The van der Waals surface area contributed by atoms with Crippen molar-refractivity contribution in [2.24, 2.45) is 0 Å². The Balaban J connectivity index is 4.27. The zero-order valence-corrected chi connectivity index (χ0v) is 28.6. The highest BCUT2D eigenvalue weighted by Crippen LogP contribution is 2.14. The highest BCUT2D eigenvalue weighted by atomic mass is 16.4. The molecule has 280 valence electrons. The summed E-state index contributed by atoms with van der Waals surface area (Å²) in [7, 11) is 0. The van der Waals surface area contributed by atoms with Gasteiger partial charge in [-0.25, -0.2) is 9.59 Å². The van der Waals surface area contributed by atoms with E-state index < -0.39 is 66.7 Å². The molecule has 0 aromatic heterocycles. The van der Waals surface area contributed by atoms with Gasteiger partial charge in [-0.15, -0.1) is 0 Å². The number of unbranched alkanes of at least 4 members (excludes halogenated alkanes) is 13. The van der Waals surface area contributed by atoms with Gasteiger partial charge in [-0.3, -0.25) is 24.0 Å². The first kappa shape index (κ1) is 45.0. The zero-order valence-electron chi connectivity index (χ0n) is 28.6. The van der Waals surface area contributed by atoms with Crippen LogP contribution in [0.1, 0.15) is 148 Å². The second-order valence-corrected chi connectivity index (χ2v) is 12.4. The van der Waals surface area contributed by atoms with Gasteiger partial charge in [-0.1, -0.05) is 77.0 Å². The third kappa shape index (κ3) is 27.6. The minimum Gasteiger partial charge on any atom is -0.481 e. The number of hydrogen-bond donors (Lipinski definition) is 7. The van der Waals surface area contributed by atoms with Gasteiger partial charge >= 0.3 is 23.9 Å². The summed E-state index contributed by atoms with van der Waals surface area (Å²) in [6.07, 6.45) is 14.0. The molecule has 15 nitrogen and oxygen atoms in total. The molecule has 0 aliphatic rings. The lowest BCUT2D eigenvalue weighted by atomic mass is 10.0. The summed E-state index contributed by atoms with van der Waals surface area (Å²) in [6.45, 7) is 0. The number of carbonyl (C=O) groups excluding carboxylic acids is 4. The van der Waals surface area contributed by atoms with Crippen LogP contribution < -0.4 is 16.0 Å². The summed E-state index contributed by atoms with van der Waals surface area (Å²) in [4.78, 5) is 92.1. The van der Waals surface area contributed by atoms with Crippen molar-refractivity contribution in [1.29, 1.82) is 0 Å². The average Bonchev–Trinajstić information content (AvgIpc) is 3.02. The number of hydrogen-bond acceptors (Lipinski definition) is 8. The van der Waals surface area contributed by atoms with E-state index in [1.807, 2.05) is 0 Å². The lowest BCUT2D eigenvalue weighted by molar-refractivity contribution is -0.143. The van der Waals surface area contributed by atoms with Crippen molar-refractivity contribution in [3.8, 4) is 0 Å². The second kappa shape index (κ2) is 28.9. The molecule has 0 spiro atoms. The van der Waals surface area contributed by atoms with Gasteiger partial charge in [0.05, 0.1) is 6.42 Å². The Morgan fingerprint density at radius 2 is 0.837 bits per heavy atom. The molecule has 0 radical (unpaired) electrons. The number of aliphatic carboxylic acids is 4. The number of nitrogens with one attached hydrogen (secondary N) is 3. The first-order chi connectivity index (χ1) is 23.3. The van der Waals surface area contributed by atoms with Crippen LogP contribution in [0.5, 0.6) is 0 Å². The largest absolute Gasteiger partial charge is 0.481 e. The molecular weight excluding hydrogens is 642 g/mol. The van der Waals surface area contributed by atoms with Crippen LogP contribution in [-0.4, -0.2) is 86.4 Å². The first-order valence-electron chi connectivity index (χ1n) is 17.6. The van der Waals surface area contributed by atoms with Gasteiger partial charge in [0.15, 0.2) is 0 Å². The van der Waals surface area contributed by atoms with Gasteiger partial charge < -0.3 is 41.2 Å². The molecule has 15 heteroatoms. The molecule has 3 amide bonds. The van der Waals surface area contributed by atoms with Gasteiger partial charge in [0.1, 0.15) is 18.4 Å². The normalized spacial score (nSPS) is 12.7. The fourth-order valence-corrected chi connectivity index (χ4v) is 5.28. The summed E-state index contributed by atoms with van der Waals surface area (Å²) in [5.74, 6) is -6.45. The highest BCUT2D eigenvalue weighted by Gasteiger charge is 2.25. The number of carboxylic acids is 4. The average molecular weight is 700 g/mol. The maximum atomic E-state index is 12.4. The van der Waals surface area contributed by atoms with Crippen LogP contribution in [0.3, 0.4) is 0 Å². The molecule has 0 saturated carbocycles. The number of amides is 3. The maximum Gasteiger partial charge on any atom is 0.326 e. The van der Waals surface area contributed by atoms with Crippen molar-refractivity contribution in [2.75, 3.05) is 0 Å². The molecule has 0 aromatic carbocycles. The quantitative estimate of drug-likeness (QED) is 0.0380. The highest BCUT2D eigenvalue weighted by molar-refractivity contribution is 5.86. The van der Waals surface area contributed by atoms with Gasteiger partial charge in [0, 0.05) is 38.1 Å². The van der Waals surface area contributed by atoms with Crippen molar-refractivity contribution < 1.29 is 58.8 Å². The summed E-state index contributed by atoms with van der Waals surface area (Å²) in [5.41, 5.74) is 0. The molecule has 49 heavy (non-hydrogen) atoms. The molecule has 0 heterocycles. The molecule has 3 unspecified atom stereocenters. The lowest BCUT2D eigenvalue weighted by Gasteiger charge is -2.19. The van der Waals surface area contributed by atoms with Crippen molar-refractivity contribution in [2.45, 2.75) is 166 Å². The molecule has 0 bridgehead atoms. The van der Waals surface area contributed by atoms with Gasteiger partial charge in [-0.2, -0.15) is 0 Å². The molecular formula is C34H57N3O12. The molecule has 0 aromatic rings. The minimum absolute atomic E-state index is 0.0412. The third-order valence-electron chi connectivity index (χ3n) is 8.05.